The average molecular weight is 382 g/mol. The zero-order chi connectivity index (χ0) is 16.5. The lowest BCUT2D eigenvalue weighted by Crippen LogP contribution is -2.48. The summed E-state index contributed by atoms with van der Waals surface area (Å²) in [6.07, 6.45) is -5.04. The summed E-state index contributed by atoms with van der Waals surface area (Å²) >= 11 is 3.09. The minimum absolute atomic E-state index is 0.120. The maximum atomic E-state index is 12.5. The molecule has 8 heteroatoms. The summed E-state index contributed by atoms with van der Waals surface area (Å²) in [4.78, 5) is 14.0. The fourth-order valence-corrected chi connectivity index (χ4v) is 2.88. The first kappa shape index (κ1) is 17.1. The van der Waals surface area contributed by atoms with E-state index in [-0.39, 0.29) is 23.7 Å². The Balaban J connectivity index is 2.22. The summed E-state index contributed by atoms with van der Waals surface area (Å²) in [5.74, 6) is -0.782. The first-order valence-corrected chi connectivity index (χ1v) is 7.44. The smallest absolute Gasteiger partial charge is 0.406 e. The van der Waals surface area contributed by atoms with Crippen molar-refractivity contribution >= 4 is 21.8 Å². The van der Waals surface area contributed by atoms with Gasteiger partial charge in [-0.1, -0.05) is 15.9 Å². The van der Waals surface area contributed by atoms with Gasteiger partial charge in [0.05, 0.1) is 12.2 Å². The van der Waals surface area contributed by atoms with Gasteiger partial charge in [0.2, 0.25) is 0 Å². The fourth-order valence-electron chi connectivity index (χ4n) is 2.41. The molecule has 0 saturated carbocycles. The lowest BCUT2D eigenvalue weighted by molar-refractivity contribution is -0.274. The van der Waals surface area contributed by atoms with Crippen molar-refractivity contribution < 1.29 is 27.4 Å². The maximum Gasteiger partial charge on any atom is 0.573 e. The van der Waals surface area contributed by atoms with Gasteiger partial charge in [-0.25, -0.2) is 0 Å². The van der Waals surface area contributed by atoms with E-state index in [1.54, 1.807) is 4.90 Å². The van der Waals surface area contributed by atoms with Gasteiger partial charge in [0.15, 0.2) is 0 Å². The van der Waals surface area contributed by atoms with Crippen LogP contribution in [0.2, 0.25) is 0 Å². The second kappa shape index (κ2) is 6.45. The molecule has 1 amide bonds. The topological polar surface area (TPSA) is 38.8 Å². The number of nitrogens with zero attached hydrogens (tertiary/aromatic N) is 1. The molecule has 0 N–H and O–H groups in total. The van der Waals surface area contributed by atoms with E-state index in [1.807, 2.05) is 13.8 Å². The number of hydrogen-bond acceptors (Lipinski definition) is 3. The molecular weight excluding hydrogens is 367 g/mol. The molecule has 2 rings (SSSR count). The van der Waals surface area contributed by atoms with Crippen molar-refractivity contribution in [2.45, 2.75) is 32.4 Å². The molecule has 0 aromatic heterocycles. The Kier molecular flexibility index (Phi) is 5.01. The van der Waals surface area contributed by atoms with E-state index >= 15 is 0 Å². The molecule has 0 unspecified atom stereocenters. The van der Waals surface area contributed by atoms with Crippen molar-refractivity contribution in [3.05, 3.63) is 28.2 Å². The molecule has 1 aromatic rings. The van der Waals surface area contributed by atoms with Crippen molar-refractivity contribution in [3.63, 3.8) is 0 Å². The van der Waals surface area contributed by atoms with Crippen LogP contribution < -0.4 is 4.74 Å². The summed E-state index contributed by atoms with van der Waals surface area (Å²) in [6.45, 7) is 4.47. The van der Waals surface area contributed by atoms with E-state index in [4.69, 9.17) is 4.74 Å². The normalized spacial score (nSPS) is 22.5. The van der Waals surface area contributed by atoms with Crippen LogP contribution >= 0.6 is 15.9 Å². The number of rotatable bonds is 2. The van der Waals surface area contributed by atoms with Crippen molar-refractivity contribution in [1.29, 1.82) is 0 Å². The Morgan fingerprint density at radius 2 is 1.86 bits per heavy atom. The lowest BCUT2D eigenvalue weighted by atomic mass is 10.1. The Bertz CT molecular complexity index is 555. The molecule has 0 aliphatic carbocycles. The second-order valence-electron chi connectivity index (χ2n) is 5.19. The number of amides is 1. The number of carbonyl (C=O) groups excluding carboxylic acids is 1. The fraction of sp³-hybridized carbons (Fsp3) is 0.500. The number of alkyl halides is 3. The van der Waals surface area contributed by atoms with Crippen LogP contribution in [-0.2, 0) is 4.74 Å². The monoisotopic (exact) mass is 381 g/mol. The third-order valence-electron chi connectivity index (χ3n) is 3.06. The van der Waals surface area contributed by atoms with Crippen molar-refractivity contribution in [2.24, 2.45) is 0 Å². The standard InChI is InChI=1S/C14H15BrF3NO3/c1-8-6-19(7-9(2)21-8)13(20)10-3-11(15)5-12(4-10)22-14(16,17)18/h3-5,8-9H,6-7H2,1-2H3/t8-,9+. The Morgan fingerprint density at radius 3 is 2.41 bits per heavy atom. The second-order valence-corrected chi connectivity index (χ2v) is 6.11. The van der Waals surface area contributed by atoms with Gasteiger partial charge < -0.3 is 14.4 Å². The largest absolute Gasteiger partial charge is 0.573 e. The molecule has 4 nitrogen and oxygen atoms in total. The number of carbonyl (C=O) groups is 1. The first-order chi connectivity index (χ1) is 10.1. The quantitative estimate of drug-likeness (QED) is 0.785. The molecule has 122 valence electrons. The highest BCUT2D eigenvalue weighted by Gasteiger charge is 2.32. The Hall–Kier alpha value is -1.28. The summed E-state index contributed by atoms with van der Waals surface area (Å²) < 4.78 is 46.7. The third kappa shape index (κ3) is 4.61. The predicted octanol–water partition coefficient (Wildman–Crippen LogP) is 3.60. The van der Waals surface area contributed by atoms with E-state index < -0.39 is 12.1 Å². The van der Waals surface area contributed by atoms with Gasteiger partial charge in [-0.3, -0.25) is 4.79 Å². The molecule has 0 radical (unpaired) electrons. The molecule has 1 aliphatic rings. The van der Waals surface area contributed by atoms with Crippen LogP contribution in [-0.4, -0.2) is 42.5 Å². The highest BCUT2D eigenvalue weighted by Crippen LogP contribution is 2.28. The molecule has 1 saturated heterocycles. The number of ether oxygens (including phenoxy) is 2. The Morgan fingerprint density at radius 1 is 1.27 bits per heavy atom. The maximum absolute atomic E-state index is 12.5. The van der Waals surface area contributed by atoms with E-state index in [0.717, 1.165) is 12.1 Å². The van der Waals surface area contributed by atoms with E-state index in [9.17, 15) is 18.0 Å². The highest BCUT2D eigenvalue weighted by atomic mass is 79.9. The van der Waals surface area contributed by atoms with Crippen LogP contribution in [0.3, 0.4) is 0 Å². The highest BCUT2D eigenvalue weighted by molar-refractivity contribution is 9.10. The zero-order valence-electron chi connectivity index (χ0n) is 12.0. The average Bonchev–Trinajstić information content (AvgIpc) is 2.33. The molecule has 2 atom stereocenters. The third-order valence-corrected chi connectivity index (χ3v) is 3.52. The first-order valence-electron chi connectivity index (χ1n) is 6.65. The summed E-state index contributed by atoms with van der Waals surface area (Å²) in [7, 11) is 0. The van der Waals surface area contributed by atoms with E-state index in [2.05, 4.69) is 20.7 Å². The van der Waals surface area contributed by atoms with Gasteiger partial charge in [-0.15, -0.1) is 13.2 Å². The number of benzene rings is 1. The Labute approximate surface area is 134 Å². The SMILES string of the molecule is C[C@@H]1CN(C(=O)c2cc(Br)cc(OC(F)(F)F)c2)C[C@H](C)O1. The van der Waals surface area contributed by atoms with Crippen molar-refractivity contribution in [1.82, 2.24) is 4.90 Å². The number of morpholine rings is 1. The number of hydrogen-bond donors (Lipinski definition) is 0. The van der Waals surface area contributed by atoms with Crippen LogP contribution in [0.5, 0.6) is 5.75 Å². The summed E-state index contributed by atoms with van der Waals surface area (Å²) in [5, 5.41) is 0. The van der Waals surface area contributed by atoms with Gasteiger partial charge in [-0.2, -0.15) is 0 Å². The molecule has 1 aromatic carbocycles. The van der Waals surface area contributed by atoms with E-state index in [1.165, 1.54) is 6.07 Å². The van der Waals surface area contributed by atoms with Crippen LogP contribution in [0.4, 0.5) is 13.2 Å². The molecule has 0 spiro atoms. The molecule has 1 fully saturated rings. The zero-order valence-corrected chi connectivity index (χ0v) is 13.6. The van der Waals surface area contributed by atoms with Crippen LogP contribution in [0.15, 0.2) is 22.7 Å². The summed E-state index contributed by atoms with van der Waals surface area (Å²) in [6, 6.07) is 3.72. The molecule has 1 aliphatic heterocycles. The van der Waals surface area contributed by atoms with Gasteiger partial charge in [0.25, 0.3) is 5.91 Å². The van der Waals surface area contributed by atoms with E-state index in [0.29, 0.717) is 17.6 Å². The minimum Gasteiger partial charge on any atom is -0.406 e. The molecule has 22 heavy (non-hydrogen) atoms. The number of halogens is 4. The minimum atomic E-state index is -4.80. The van der Waals surface area contributed by atoms with Crippen molar-refractivity contribution in [3.8, 4) is 5.75 Å². The molecule has 0 bridgehead atoms. The van der Waals surface area contributed by atoms with Crippen LogP contribution in [0, 0.1) is 0 Å². The molecule has 1 heterocycles. The van der Waals surface area contributed by atoms with Crippen LogP contribution in [0.25, 0.3) is 0 Å². The predicted molar refractivity (Wildman–Crippen MR) is 76.7 cm³/mol. The van der Waals surface area contributed by atoms with Gasteiger partial charge in [0, 0.05) is 23.1 Å². The lowest BCUT2D eigenvalue weighted by Gasteiger charge is -2.35. The van der Waals surface area contributed by atoms with Crippen molar-refractivity contribution in [2.75, 3.05) is 13.1 Å². The molecular formula is C14H15BrF3NO3. The van der Waals surface area contributed by atoms with Crippen LogP contribution in [0.1, 0.15) is 24.2 Å². The summed E-state index contributed by atoms with van der Waals surface area (Å²) in [5.41, 5.74) is 0.134. The van der Waals surface area contributed by atoms with Gasteiger partial charge in [0.1, 0.15) is 5.75 Å². The van der Waals surface area contributed by atoms with Gasteiger partial charge >= 0.3 is 6.36 Å². The van der Waals surface area contributed by atoms with Gasteiger partial charge in [-0.05, 0) is 32.0 Å².